The van der Waals surface area contributed by atoms with E-state index < -0.39 is 0 Å². The lowest BCUT2D eigenvalue weighted by Gasteiger charge is -2.01. The molecule has 0 N–H and O–H groups in total. The quantitative estimate of drug-likeness (QED) is 0.540. The van der Waals surface area contributed by atoms with Gasteiger partial charge in [-0.1, -0.05) is 11.5 Å². The van der Waals surface area contributed by atoms with Gasteiger partial charge in [-0.2, -0.15) is 0 Å². The van der Waals surface area contributed by atoms with E-state index in [1.807, 2.05) is 0 Å². The van der Waals surface area contributed by atoms with Crippen LogP contribution in [0.15, 0.2) is 0 Å². The second kappa shape index (κ2) is 4.72. The third-order valence-electron chi connectivity index (χ3n) is 1.53. The maximum atomic E-state index is 7.39. The fourth-order valence-corrected chi connectivity index (χ4v) is 1.44. The third-order valence-corrected chi connectivity index (χ3v) is 2.03. The Kier molecular flexibility index (Phi) is 3.30. The molecule has 3 nitrogen and oxygen atoms in total. The molecule has 1 atom stereocenters. The molecular weight excluding hydrogens is 196 g/mol. The zero-order chi connectivity index (χ0) is 9.84. The van der Waals surface area contributed by atoms with Crippen molar-refractivity contribution < 1.29 is 1.37 Å². The van der Waals surface area contributed by atoms with Crippen LogP contribution in [0, 0.1) is 0 Å². The SMILES string of the molecule is [2H]C(B)Cn1nnc(CCl)c1CCl. The number of aryl methyl sites for hydroxylation is 1. The van der Waals surface area contributed by atoms with E-state index in [9.17, 15) is 0 Å². The Morgan fingerprint density at radius 1 is 1.50 bits per heavy atom. The highest BCUT2D eigenvalue weighted by Crippen LogP contribution is 2.11. The van der Waals surface area contributed by atoms with Gasteiger partial charge >= 0.3 is 0 Å². The normalized spacial score (nSPS) is 14.3. The minimum absolute atomic E-state index is 0.216. The molecule has 1 aromatic heterocycles. The Hall–Kier alpha value is -0.215. The van der Waals surface area contributed by atoms with Crippen LogP contribution in [0.2, 0.25) is 6.30 Å². The van der Waals surface area contributed by atoms with E-state index >= 15 is 0 Å². The lowest BCUT2D eigenvalue weighted by atomic mass is 10.1. The van der Waals surface area contributed by atoms with Crippen LogP contribution in [-0.2, 0) is 18.3 Å². The summed E-state index contributed by atoms with van der Waals surface area (Å²) in [5.41, 5.74) is 1.52. The molecule has 0 fully saturated rings. The van der Waals surface area contributed by atoms with Crippen molar-refractivity contribution in [1.29, 1.82) is 0 Å². The number of aromatic nitrogens is 3. The van der Waals surface area contributed by atoms with Crippen molar-refractivity contribution in [3.05, 3.63) is 11.4 Å². The van der Waals surface area contributed by atoms with Gasteiger partial charge in [0.25, 0.3) is 0 Å². The Morgan fingerprint density at radius 3 is 2.75 bits per heavy atom. The monoisotopic (exact) mass is 206 g/mol. The third kappa shape index (κ3) is 1.93. The highest BCUT2D eigenvalue weighted by molar-refractivity contribution is 6.18. The maximum absolute atomic E-state index is 7.39. The average Bonchev–Trinajstić information content (AvgIpc) is 2.45. The predicted octanol–water partition coefficient (Wildman–Crippen LogP) is 0.807. The molecule has 0 amide bonds. The number of rotatable bonds is 4. The number of nitrogens with zero attached hydrogens (tertiary/aromatic N) is 3. The number of alkyl halides is 2. The van der Waals surface area contributed by atoms with Crippen LogP contribution < -0.4 is 0 Å². The van der Waals surface area contributed by atoms with E-state index in [1.165, 1.54) is 0 Å². The Labute approximate surface area is 83.8 Å². The minimum atomic E-state index is -0.216. The minimum Gasteiger partial charge on any atom is -0.249 e. The molecule has 0 saturated carbocycles. The topological polar surface area (TPSA) is 30.7 Å². The van der Waals surface area contributed by atoms with Gasteiger partial charge in [0.15, 0.2) is 0 Å². The molecule has 1 heterocycles. The van der Waals surface area contributed by atoms with E-state index in [2.05, 4.69) is 10.3 Å². The summed E-state index contributed by atoms with van der Waals surface area (Å²) in [6, 6.07) is 0. The molecule has 0 aliphatic carbocycles. The first kappa shape index (κ1) is 8.39. The second-order valence-electron chi connectivity index (χ2n) is 2.34. The van der Waals surface area contributed by atoms with Crippen LogP contribution in [0.4, 0.5) is 0 Å². The van der Waals surface area contributed by atoms with Gasteiger partial charge in [0.2, 0.25) is 0 Å². The molecule has 0 saturated heterocycles. The summed E-state index contributed by atoms with van der Waals surface area (Å²) < 4.78 is 9.03. The smallest absolute Gasteiger partial charge is 0.103 e. The van der Waals surface area contributed by atoms with Gasteiger partial charge in [0, 0.05) is 7.92 Å². The van der Waals surface area contributed by atoms with Crippen LogP contribution in [-0.4, -0.2) is 22.8 Å². The highest BCUT2D eigenvalue weighted by Gasteiger charge is 2.09. The van der Waals surface area contributed by atoms with Gasteiger partial charge in [-0.15, -0.1) is 28.3 Å². The first-order chi connectivity index (χ1) is 6.19. The summed E-state index contributed by atoms with van der Waals surface area (Å²) in [4.78, 5) is 0. The average molecular weight is 207 g/mol. The van der Waals surface area contributed by atoms with Gasteiger partial charge in [-0.25, -0.2) is 4.68 Å². The van der Waals surface area contributed by atoms with Crippen molar-refractivity contribution in [3.8, 4) is 0 Å². The fourth-order valence-electron chi connectivity index (χ4n) is 0.938. The molecule has 0 bridgehead atoms. The molecule has 1 unspecified atom stereocenters. The summed E-state index contributed by atoms with van der Waals surface area (Å²) in [6.45, 7) is 0.506. The van der Waals surface area contributed by atoms with E-state index in [1.54, 1.807) is 12.5 Å². The molecule has 0 aromatic carbocycles. The van der Waals surface area contributed by atoms with Crippen LogP contribution in [0.25, 0.3) is 0 Å². The molecule has 6 heteroatoms. The van der Waals surface area contributed by atoms with Gasteiger partial charge in [0.05, 0.1) is 17.5 Å². The largest absolute Gasteiger partial charge is 0.249 e. The summed E-state index contributed by atoms with van der Waals surface area (Å²) in [7, 11) is 1.79. The molecule has 1 rings (SSSR count). The van der Waals surface area contributed by atoms with Gasteiger partial charge < -0.3 is 0 Å². The van der Waals surface area contributed by atoms with E-state index in [0.717, 1.165) is 5.69 Å². The molecule has 0 aliphatic heterocycles. The summed E-state index contributed by atoms with van der Waals surface area (Å²) in [5, 5.41) is 7.75. The lowest BCUT2D eigenvalue weighted by molar-refractivity contribution is 0.608. The van der Waals surface area contributed by atoms with Gasteiger partial charge in [-0.3, -0.25) is 0 Å². The second-order valence-corrected chi connectivity index (χ2v) is 2.87. The van der Waals surface area contributed by atoms with E-state index in [-0.39, 0.29) is 6.30 Å². The van der Waals surface area contributed by atoms with Crippen molar-refractivity contribution in [2.45, 2.75) is 24.6 Å². The molecule has 0 radical (unpaired) electrons. The Bertz CT molecular complexity index is 279. The van der Waals surface area contributed by atoms with E-state index in [0.29, 0.717) is 24.0 Å². The van der Waals surface area contributed by atoms with Gasteiger partial charge in [-0.05, 0) is 0 Å². The summed E-state index contributed by atoms with van der Waals surface area (Å²) in [6.07, 6.45) is -0.216. The predicted molar refractivity (Wildman–Crippen MR) is 52.5 cm³/mol. The molecular formula is C6H10BCl2N3. The van der Waals surface area contributed by atoms with Crippen LogP contribution in [0.1, 0.15) is 12.8 Å². The Morgan fingerprint density at radius 2 is 2.25 bits per heavy atom. The fraction of sp³-hybridized carbons (Fsp3) is 0.667. The zero-order valence-electron chi connectivity index (χ0n) is 7.80. The summed E-state index contributed by atoms with van der Waals surface area (Å²) in [5.74, 6) is 0.649. The van der Waals surface area contributed by atoms with Crippen LogP contribution in [0.5, 0.6) is 0 Å². The van der Waals surface area contributed by atoms with Crippen molar-refractivity contribution in [1.82, 2.24) is 15.0 Å². The maximum Gasteiger partial charge on any atom is 0.103 e. The molecule has 66 valence electrons. The number of halogens is 2. The highest BCUT2D eigenvalue weighted by atomic mass is 35.5. The first-order valence-electron chi connectivity index (χ1n) is 4.22. The first-order valence-corrected chi connectivity index (χ1v) is 4.71. The molecule has 1 aromatic rings. The van der Waals surface area contributed by atoms with Crippen molar-refractivity contribution in [2.24, 2.45) is 0 Å². The van der Waals surface area contributed by atoms with Crippen molar-refractivity contribution in [3.63, 3.8) is 0 Å². The summed E-state index contributed by atoms with van der Waals surface area (Å²) >= 11 is 11.4. The van der Waals surface area contributed by atoms with Crippen molar-refractivity contribution >= 4 is 31.0 Å². The molecule has 0 spiro atoms. The molecule has 12 heavy (non-hydrogen) atoms. The Balaban J connectivity index is 2.87. The van der Waals surface area contributed by atoms with Crippen LogP contribution in [0.3, 0.4) is 0 Å². The standard InChI is InChI=1S/C6H10BCl2N3/c7-1-2-12-6(4-9)5(3-8)10-11-12/h1-4,7H2/i1D. The van der Waals surface area contributed by atoms with Gasteiger partial charge in [0.1, 0.15) is 13.5 Å². The van der Waals surface area contributed by atoms with Crippen molar-refractivity contribution in [2.75, 3.05) is 0 Å². The number of hydrogen-bond donors (Lipinski definition) is 0. The molecule has 0 aliphatic rings. The van der Waals surface area contributed by atoms with E-state index in [4.69, 9.17) is 24.6 Å². The van der Waals surface area contributed by atoms with Crippen LogP contribution >= 0.6 is 23.2 Å². The zero-order valence-corrected chi connectivity index (χ0v) is 8.31. The lowest BCUT2D eigenvalue weighted by Crippen LogP contribution is -2.04. The number of hydrogen-bond acceptors (Lipinski definition) is 2.